The Morgan fingerprint density at radius 2 is 2.15 bits per heavy atom. The molecule has 1 aromatic carbocycles. The fourth-order valence-corrected chi connectivity index (χ4v) is 3.94. The Morgan fingerprint density at radius 1 is 1.33 bits per heavy atom. The first-order valence-electron chi connectivity index (χ1n) is 8.66. The number of anilines is 1. The Balaban J connectivity index is 1.75. The van der Waals surface area contributed by atoms with E-state index in [1.165, 1.54) is 0 Å². The summed E-state index contributed by atoms with van der Waals surface area (Å²) in [6.45, 7) is 3.84. The fourth-order valence-electron chi connectivity index (χ4n) is 3.22. The molecule has 3 N–H and O–H groups in total. The van der Waals surface area contributed by atoms with E-state index < -0.39 is 5.91 Å². The topological polar surface area (TPSA) is 107 Å². The Labute approximate surface area is 158 Å². The van der Waals surface area contributed by atoms with Gasteiger partial charge in [0.15, 0.2) is 5.82 Å². The number of nitrogens with zero attached hydrogens (tertiary/aromatic N) is 3. The molecule has 0 radical (unpaired) electrons. The Morgan fingerprint density at radius 3 is 2.89 bits per heavy atom. The summed E-state index contributed by atoms with van der Waals surface area (Å²) in [5.74, 6) is 1.03. The maximum atomic E-state index is 12.0. The van der Waals surface area contributed by atoms with Crippen LogP contribution < -0.4 is 11.1 Å². The fraction of sp³-hybridized carbons (Fsp3) is 0.263. The standard InChI is InChI=1S/C19H17N5O2S/c1-9-13(15(20)25)14-17(24-19(2)5-6-19)22-16(23-18(14)26-9)10-3-4-11-12(7-10)27-8-21-11/h3-4,7-8H,5-6H2,1-2H3,(H2,20,25)(H,22,23,24). The number of thiazole rings is 1. The maximum absolute atomic E-state index is 12.0. The van der Waals surface area contributed by atoms with Crippen LogP contribution >= 0.6 is 11.3 Å². The second kappa shape index (κ2) is 5.50. The van der Waals surface area contributed by atoms with Gasteiger partial charge in [-0.25, -0.2) is 9.97 Å². The van der Waals surface area contributed by atoms with Crippen molar-refractivity contribution >= 4 is 44.4 Å². The summed E-state index contributed by atoms with van der Waals surface area (Å²) in [6.07, 6.45) is 2.09. The zero-order valence-corrected chi connectivity index (χ0v) is 15.7. The number of rotatable bonds is 4. The molecule has 7 nitrogen and oxygen atoms in total. The third-order valence-electron chi connectivity index (χ3n) is 4.98. The van der Waals surface area contributed by atoms with Gasteiger partial charge in [-0.2, -0.15) is 4.98 Å². The van der Waals surface area contributed by atoms with E-state index in [2.05, 4.69) is 22.2 Å². The van der Waals surface area contributed by atoms with Crippen LogP contribution in [0.15, 0.2) is 28.1 Å². The summed E-state index contributed by atoms with van der Waals surface area (Å²) in [7, 11) is 0. The van der Waals surface area contributed by atoms with E-state index in [1.807, 2.05) is 23.7 Å². The zero-order chi connectivity index (χ0) is 18.8. The van der Waals surface area contributed by atoms with E-state index in [0.717, 1.165) is 28.6 Å². The van der Waals surface area contributed by atoms with Gasteiger partial charge in [-0.1, -0.05) is 0 Å². The largest absolute Gasteiger partial charge is 0.442 e. The van der Waals surface area contributed by atoms with Gasteiger partial charge in [0.05, 0.1) is 26.7 Å². The number of carbonyl (C=O) groups excluding carboxylic acids is 1. The highest BCUT2D eigenvalue weighted by atomic mass is 32.1. The van der Waals surface area contributed by atoms with Crippen LogP contribution in [0, 0.1) is 6.92 Å². The summed E-state index contributed by atoms with van der Waals surface area (Å²) in [5, 5.41) is 4.01. The third-order valence-corrected chi connectivity index (χ3v) is 5.78. The van der Waals surface area contributed by atoms with Crippen molar-refractivity contribution in [2.24, 2.45) is 5.73 Å². The summed E-state index contributed by atoms with van der Waals surface area (Å²) >= 11 is 1.57. The molecule has 1 fully saturated rings. The summed E-state index contributed by atoms with van der Waals surface area (Å²) in [6, 6.07) is 5.91. The van der Waals surface area contributed by atoms with Crippen molar-refractivity contribution in [2.45, 2.75) is 32.2 Å². The van der Waals surface area contributed by atoms with E-state index in [-0.39, 0.29) is 5.54 Å². The van der Waals surface area contributed by atoms with Crippen molar-refractivity contribution in [3.8, 4) is 11.4 Å². The number of furan rings is 1. The first-order chi connectivity index (χ1) is 12.9. The molecule has 1 saturated carbocycles. The van der Waals surface area contributed by atoms with Gasteiger partial charge in [0.2, 0.25) is 5.71 Å². The van der Waals surface area contributed by atoms with Crippen molar-refractivity contribution in [1.29, 1.82) is 0 Å². The highest BCUT2D eigenvalue weighted by Gasteiger charge is 2.38. The van der Waals surface area contributed by atoms with Gasteiger partial charge in [0.25, 0.3) is 5.91 Å². The van der Waals surface area contributed by atoms with Gasteiger partial charge in [0.1, 0.15) is 11.6 Å². The molecule has 3 aromatic heterocycles. The van der Waals surface area contributed by atoms with E-state index >= 15 is 0 Å². The van der Waals surface area contributed by atoms with Gasteiger partial charge in [0, 0.05) is 11.1 Å². The highest BCUT2D eigenvalue weighted by Crippen LogP contribution is 2.41. The molecule has 8 heteroatoms. The third kappa shape index (κ3) is 2.64. The smallest absolute Gasteiger partial charge is 0.253 e. The quantitative estimate of drug-likeness (QED) is 0.557. The second-order valence-electron chi connectivity index (χ2n) is 7.19. The minimum atomic E-state index is -0.544. The molecule has 1 aliphatic rings. The van der Waals surface area contributed by atoms with Crippen LogP contribution in [-0.4, -0.2) is 26.4 Å². The predicted octanol–water partition coefficient (Wildman–Crippen LogP) is 3.87. The first-order valence-corrected chi connectivity index (χ1v) is 9.54. The van der Waals surface area contributed by atoms with Crippen LogP contribution in [0.4, 0.5) is 5.82 Å². The van der Waals surface area contributed by atoms with E-state index in [1.54, 1.807) is 18.3 Å². The van der Waals surface area contributed by atoms with Crippen LogP contribution in [0.25, 0.3) is 32.7 Å². The SMILES string of the molecule is Cc1oc2nc(-c3ccc4ncsc4c3)nc(NC3(C)CC3)c2c1C(N)=O. The molecule has 0 saturated heterocycles. The molecule has 0 atom stereocenters. The number of carbonyl (C=O) groups is 1. The van der Waals surface area contributed by atoms with Crippen LogP contribution in [0.3, 0.4) is 0 Å². The summed E-state index contributed by atoms with van der Waals surface area (Å²) in [5.41, 5.74) is 9.88. The molecule has 1 amide bonds. The number of amides is 1. The van der Waals surface area contributed by atoms with Crippen molar-refractivity contribution < 1.29 is 9.21 Å². The average Bonchev–Trinajstić information content (AvgIpc) is 3.05. The Bertz CT molecular complexity index is 1220. The van der Waals surface area contributed by atoms with E-state index in [0.29, 0.717) is 34.1 Å². The zero-order valence-electron chi connectivity index (χ0n) is 14.9. The molecule has 0 spiro atoms. The highest BCUT2D eigenvalue weighted by molar-refractivity contribution is 7.16. The van der Waals surface area contributed by atoms with Gasteiger partial charge in [-0.3, -0.25) is 4.79 Å². The summed E-state index contributed by atoms with van der Waals surface area (Å²) < 4.78 is 6.83. The molecular weight excluding hydrogens is 362 g/mol. The number of fused-ring (bicyclic) bond motifs is 2. The lowest BCUT2D eigenvalue weighted by atomic mass is 10.1. The van der Waals surface area contributed by atoms with Crippen molar-refractivity contribution in [1.82, 2.24) is 15.0 Å². The molecule has 136 valence electrons. The predicted molar refractivity (Wildman–Crippen MR) is 105 cm³/mol. The van der Waals surface area contributed by atoms with E-state index in [9.17, 15) is 4.79 Å². The minimum absolute atomic E-state index is 0.0275. The average molecular weight is 379 g/mol. The molecule has 0 aliphatic heterocycles. The molecule has 5 rings (SSSR count). The lowest BCUT2D eigenvalue weighted by Crippen LogP contribution is -2.19. The van der Waals surface area contributed by atoms with Crippen molar-refractivity contribution in [3.63, 3.8) is 0 Å². The molecule has 1 aliphatic carbocycles. The maximum Gasteiger partial charge on any atom is 0.253 e. The molecule has 27 heavy (non-hydrogen) atoms. The second-order valence-corrected chi connectivity index (χ2v) is 8.08. The van der Waals surface area contributed by atoms with Gasteiger partial charge in [-0.15, -0.1) is 11.3 Å². The normalized spacial score (nSPS) is 15.3. The minimum Gasteiger partial charge on any atom is -0.442 e. The van der Waals surface area contributed by atoms with Crippen LogP contribution in [0.5, 0.6) is 0 Å². The summed E-state index contributed by atoms with van der Waals surface area (Å²) in [4.78, 5) is 25.6. The van der Waals surface area contributed by atoms with Crippen LogP contribution in [-0.2, 0) is 0 Å². The molecular formula is C19H17N5O2S. The van der Waals surface area contributed by atoms with Gasteiger partial charge < -0.3 is 15.5 Å². The first kappa shape index (κ1) is 16.2. The number of hydrogen-bond donors (Lipinski definition) is 2. The number of aryl methyl sites for hydroxylation is 1. The molecule has 0 bridgehead atoms. The Hall–Kier alpha value is -3.00. The number of benzene rings is 1. The van der Waals surface area contributed by atoms with Gasteiger partial charge >= 0.3 is 0 Å². The van der Waals surface area contributed by atoms with Crippen molar-refractivity contribution in [3.05, 3.63) is 35.0 Å². The van der Waals surface area contributed by atoms with Crippen LogP contribution in [0.2, 0.25) is 0 Å². The lowest BCUT2D eigenvalue weighted by molar-refractivity contribution is 0.1000. The van der Waals surface area contributed by atoms with Crippen LogP contribution in [0.1, 0.15) is 35.9 Å². The number of nitrogens with two attached hydrogens (primary N) is 1. The van der Waals surface area contributed by atoms with Gasteiger partial charge in [-0.05, 0) is 44.9 Å². The monoisotopic (exact) mass is 379 g/mol. The van der Waals surface area contributed by atoms with Crippen molar-refractivity contribution in [2.75, 3.05) is 5.32 Å². The molecule has 0 unspecified atom stereocenters. The van der Waals surface area contributed by atoms with E-state index in [4.69, 9.17) is 15.1 Å². The lowest BCUT2D eigenvalue weighted by Gasteiger charge is -2.14. The number of nitrogens with one attached hydrogen (secondary N) is 1. The Kier molecular flexibility index (Phi) is 3.30. The number of aromatic nitrogens is 3. The molecule has 4 aromatic rings. The number of primary amides is 1. The number of hydrogen-bond acceptors (Lipinski definition) is 7. The molecule has 3 heterocycles.